The van der Waals surface area contributed by atoms with Crippen LogP contribution < -0.4 is 0 Å². The molecule has 0 heterocycles. The van der Waals surface area contributed by atoms with Gasteiger partial charge in [-0.25, -0.2) is 0 Å². The number of carbonyl (C=O) groups excluding carboxylic acids is 1. The number of hydrogen-bond acceptors (Lipinski definition) is 1. The molecule has 0 aromatic rings. The van der Waals surface area contributed by atoms with Crippen LogP contribution in [0.1, 0.15) is 47.5 Å². The highest BCUT2D eigenvalue weighted by atomic mass is 16.1. The molecule has 0 spiro atoms. The summed E-state index contributed by atoms with van der Waals surface area (Å²) in [6.07, 6.45) is 7.56. The van der Waals surface area contributed by atoms with Crippen molar-refractivity contribution in [2.24, 2.45) is 17.3 Å². The summed E-state index contributed by atoms with van der Waals surface area (Å²) in [7, 11) is 0. The average Bonchev–Trinajstić information content (AvgIpc) is 2.23. The van der Waals surface area contributed by atoms with Gasteiger partial charge in [0.25, 0.3) is 0 Å². The third kappa shape index (κ3) is 2.63. The highest BCUT2D eigenvalue weighted by Gasteiger charge is 2.37. The summed E-state index contributed by atoms with van der Waals surface area (Å²) < 4.78 is 0. The topological polar surface area (TPSA) is 17.1 Å². The minimum Gasteiger partial charge on any atom is -0.298 e. The Morgan fingerprint density at radius 2 is 2.19 bits per heavy atom. The maximum Gasteiger partial charge on any atom is 0.145 e. The Kier molecular flexibility index (Phi) is 4.12. The lowest BCUT2D eigenvalue weighted by Gasteiger charge is -2.43. The molecule has 0 amide bonds. The zero-order valence-corrected chi connectivity index (χ0v) is 11.2. The number of carbonyl (C=O) groups is 1. The second-order valence-corrected chi connectivity index (χ2v) is 5.76. The first-order chi connectivity index (χ1) is 7.39. The molecule has 0 radical (unpaired) electrons. The van der Waals surface area contributed by atoms with Crippen molar-refractivity contribution in [1.29, 1.82) is 0 Å². The lowest BCUT2D eigenvalue weighted by molar-refractivity contribution is -0.104. The molecule has 16 heavy (non-hydrogen) atoms. The molecule has 90 valence electrons. The van der Waals surface area contributed by atoms with E-state index < -0.39 is 0 Å². The summed E-state index contributed by atoms with van der Waals surface area (Å²) in [4.78, 5) is 10.6. The molecule has 0 aromatic heterocycles. The van der Waals surface area contributed by atoms with E-state index in [1.54, 1.807) is 0 Å². The van der Waals surface area contributed by atoms with Gasteiger partial charge < -0.3 is 0 Å². The van der Waals surface area contributed by atoms with Crippen molar-refractivity contribution in [2.45, 2.75) is 47.5 Å². The van der Waals surface area contributed by atoms with Gasteiger partial charge in [0, 0.05) is 0 Å². The molecule has 0 saturated heterocycles. The van der Waals surface area contributed by atoms with Crippen LogP contribution in [0.15, 0.2) is 23.3 Å². The van der Waals surface area contributed by atoms with E-state index in [9.17, 15) is 4.79 Å². The van der Waals surface area contributed by atoms with Gasteiger partial charge in [-0.05, 0) is 49.5 Å². The maximum absolute atomic E-state index is 10.6. The van der Waals surface area contributed by atoms with E-state index in [-0.39, 0.29) is 0 Å². The molecular formula is C15H24O. The summed E-state index contributed by atoms with van der Waals surface area (Å²) in [6.45, 7) is 11.1. The third-order valence-electron chi connectivity index (χ3n) is 4.37. The van der Waals surface area contributed by atoms with E-state index in [2.05, 4.69) is 39.8 Å². The molecule has 2 unspecified atom stereocenters. The first kappa shape index (κ1) is 13.2. The molecule has 2 atom stereocenters. The average molecular weight is 220 g/mol. The molecule has 1 aliphatic rings. The van der Waals surface area contributed by atoms with Crippen LogP contribution >= 0.6 is 0 Å². The van der Waals surface area contributed by atoms with E-state index in [0.717, 1.165) is 18.3 Å². The molecule has 1 rings (SSSR count). The van der Waals surface area contributed by atoms with Crippen molar-refractivity contribution in [3.05, 3.63) is 23.3 Å². The molecular weight excluding hydrogens is 196 g/mol. The minimum absolute atomic E-state index is 0.332. The fourth-order valence-corrected chi connectivity index (χ4v) is 2.58. The van der Waals surface area contributed by atoms with Crippen molar-refractivity contribution in [1.82, 2.24) is 0 Å². The SMILES string of the molecule is CC(C=O)=CCC1C(C)=CCC(C)C1(C)C. The number of aldehydes is 1. The molecule has 0 aromatic carbocycles. The number of rotatable bonds is 3. The van der Waals surface area contributed by atoms with Crippen LogP contribution in [0.4, 0.5) is 0 Å². The van der Waals surface area contributed by atoms with Gasteiger partial charge in [-0.1, -0.05) is 38.5 Å². The van der Waals surface area contributed by atoms with Crippen LogP contribution in [0.2, 0.25) is 0 Å². The van der Waals surface area contributed by atoms with Crippen LogP contribution in [0, 0.1) is 17.3 Å². The Balaban J connectivity index is 2.87. The lowest BCUT2D eigenvalue weighted by atomic mass is 9.62. The molecule has 0 bridgehead atoms. The van der Waals surface area contributed by atoms with E-state index in [0.29, 0.717) is 17.3 Å². The highest BCUT2D eigenvalue weighted by molar-refractivity contribution is 5.71. The van der Waals surface area contributed by atoms with Crippen LogP contribution in [-0.2, 0) is 4.79 Å². The van der Waals surface area contributed by atoms with E-state index in [1.807, 2.05) is 6.92 Å². The van der Waals surface area contributed by atoms with E-state index >= 15 is 0 Å². The lowest BCUT2D eigenvalue weighted by Crippen LogP contribution is -2.34. The van der Waals surface area contributed by atoms with Crippen molar-refractivity contribution < 1.29 is 4.79 Å². The first-order valence-electron chi connectivity index (χ1n) is 6.18. The van der Waals surface area contributed by atoms with Crippen LogP contribution in [-0.4, -0.2) is 6.29 Å². The van der Waals surface area contributed by atoms with Crippen molar-refractivity contribution in [3.63, 3.8) is 0 Å². The summed E-state index contributed by atoms with van der Waals surface area (Å²) in [5.74, 6) is 1.29. The van der Waals surface area contributed by atoms with E-state index in [1.165, 1.54) is 12.0 Å². The first-order valence-corrected chi connectivity index (χ1v) is 6.18. The maximum atomic E-state index is 10.6. The highest BCUT2D eigenvalue weighted by Crippen LogP contribution is 2.46. The van der Waals surface area contributed by atoms with Crippen molar-refractivity contribution in [3.8, 4) is 0 Å². The van der Waals surface area contributed by atoms with E-state index in [4.69, 9.17) is 0 Å². The Morgan fingerprint density at radius 3 is 2.75 bits per heavy atom. The monoisotopic (exact) mass is 220 g/mol. The smallest absolute Gasteiger partial charge is 0.145 e. The molecule has 0 fully saturated rings. The summed E-state index contributed by atoms with van der Waals surface area (Å²) >= 11 is 0. The second-order valence-electron chi connectivity index (χ2n) is 5.76. The fraction of sp³-hybridized carbons (Fsp3) is 0.667. The number of hydrogen-bond donors (Lipinski definition) is 0. The second kappa shape index (κ2) is 4.99. The molecule has 1 aliphatic carbocycles. The Labute approximate surface area is 99.6 Å². The van der Waals surface area contributed by atoms with Crippen LogP contribution in [0.3, 0.4) is 0 Å². The Morgan fingerprint density at radius 1 is 1.56 bits per heavy atom. The quantitative estimate of drug-likeness (QED) is 0.397. The number of allylic oxidation sites excluding steroid dienone is 4. The van der Waals surface area contributed by atoms with Gasteiger partial charge in [-0.3, -0.25) is 4.79 Å². The molecule has 0 aliphatic heterocycles. The van der Waals surface area contributed by atoms with Gasteiger partial charge in [0.2, 0.25) is 0 Å². The predicted octanol–water partition coefficient (Wildman–Crippen LogP) is 4.15. The minimum atomic E-state index is 0.332. The third-order valence-corrected chi connectivity index (χ3v) is 4.37. The molecule has 1 nitrogen and oxygen atoms in total. The summed E-state index contributed by atoms with van der Waals surface area (Å²) in [6, 6.07) is 0. The van der Waals surface area contributed by atoms with Gasteiger partial charge in [0.1, 0.15) is 6.29 Å². The van der Waals surface area contributed by atoms with Gasteiger partial charge in [0.05, 0.1) is 0 Å². The molecule has 1 heteroatoms. The van der Waals surface area contributed by atoms with Gasteiger partial charge in [-0.2, -0.15) is 0 Å². The van der Waals surface area contributed by atoms with Gasteiger partial charge in [0.15, 0.2) is 0 Å². The zero-order chi connectivity index (χ0) is 12.3. The van der Waals surface area contributed by atoms with Gasteiger partial charge in [-0.15, -0.1) is 0 Å². The fourth-order valence-electron chi connectivity index (χ4n) is 2.58. The molecule has 0 saturated carbocycles. The Hall–Kier alpha value is -0.850. The predicted molar refractivity (Wildman–Crippen MR) is 69.2 cm³/mol. The van der Waals surface area contributed by atoms with Crippen LogP contribution in [0.25, 0.3) is 0 Å². The standard InChI is InChI=1S/C15H24O/c1-11(10-16)6-9-14-12(2)7-8-13(3)15(14,4)5/h6-7,10,13-14H,8-9H2,1-5H3. The normalized spacial score (nSPS) is 29.8. The largest absolute Gasteiger partial charge is 0.298 e. The zero-order valence-electron chi connectivity index (χ0n) is 11.2. The van der Waals surface area contributed by atoms with Crippen LogP contribution in [0.5, 0.6) is 0 Å². The van der Waals surface area contributed by atoms with Crippen molar-refractivity contribution in [2.75, 3.05) is 0 Å². The van der Waals surface area contributed by atoms with Gasteiger partial charge >= 0.3 is 0 Å². The van der Waals surface area contributed by atoms with Crippen molar-refractivity contribution >= 4 is 6.29 Å². The Bertz CT molecular complexity index is 320. The molecule has 0 N–H and O–H groups in total. The summed E-state index contributed by atoms with van der Waals surface area (Å²) in [5, 5.41) is 0. The summed E-state index contributed by atoms with van der Waals surface area (Å²) in [5.41, 5.74) is 2.67.